The van der Waals surface area contributed by atoms with E-state index in [0.717, 1.165) is 5.69 Å². The predicted octanol–water partition coefficient (Wildman–Crippen LogP) is 1.23. The average molecular weight is 265 g/mol. The first-order valence-corrected chi connectivity index (χ1v) is 6.52. The molecule has 0 saturated heterocycles. The topological polar surface area (TPSA) is 78.6 Å². The number of hydrogen-bond acceptors (Lipinski definition) is 4. The van der Waals surface area contributed by atoms with E-state index in [1.54, 1.807) is 25.1 Å². The second-order valence-electron chi connectivity index (χ2n) is 4.70. The van der Waals surface area contributed by atoms with Crippen molar-refractivity contribution in [3.05, 3.63) is 23.8 Å². The van der Waals surface area contributed by atoms with Crippen LogP contribution in [0, 0.1) is 0 Å². The molecule has 1 unspecified atom stereocenters. The number of aliphatic hydroxyl groups excluding tert-OH is 1. The molecule has 0 fully saturated rings. The molecule has 106 valence electrons. The molecule has 1 aromatic rings. The Hall–Kier alpha value is -1.75. The minimum atomic E-state index is -0.364. The molecule has 1 aromatic carbocycles. The van der Waals surface area contributed by atoms with Gasteiger partial charge in [-0.3, -0.25) is 4.79 Å². The zero-order chi connectivity index (χ0) is 14.4. The molecule has 0 aliphatic rings. The van der Waals surface area contributed by atoms with Crippen LogP contribution in [0.1, 0.15) is 30.6 Å². The lowest BCUT2D eigenvalue weighted by Gasteiger charge is -2.23. The maximum absolute atomic E-state index is 12.0. The quantitative estimate of drug-likeness (QED) is 0.676. The Morgan fingerprint density at radius 2 is 2.21 bits per heavy atom. The zero-order valence-corrected chi connectivity index (χ0v) is 11.8. The van der Waals surface area contributed by atoms with Crippen molar-refractivity contribution in [2.45, 2.75) is 26.4 Å². The number of amides is 1. The smallest absolute Gasteiger partial charge is 0.253 e. The number of nitrogen functional groups attached to an aromatic ring is 1. The first-order valence-electron chi connectivity index (χ1n) is 6.52. The number of nitrogens with one attached hydrogen (secondary N) is 1. The SMILES string of the molecule is CCNC(=O)c1ccc(N)cc1N(C)CCC(C)O. The van der Waals surface area contributed by atoms with Gasteiger partial charge in [0.2, 0.25) is 0 Å². The standard InChI is InChI=1S/C14H23N3O2/c1-4-16-14(19)12-6-5-11(15)9-13(12)17(3)8-7-10(2)18/h5-6,9-10,18H,4,7-8,15H2,1-3H3,(H,16,19). The molecular formula is C14H23N3O2. The highest BCUT2D eigenvalue weighted by Crippen LogP contribution is 2.23. The summed E-state index contributed by atoms with van der Waals surface area (Å²) < 4.78 is 0. The highest BCUT2D eigenvalue weighted by Gasteiger charge is 2.14. The Bertz CT molecular complexity index is 433. The molecule has 5 nitrogen and oxygen atoms in total. The molecule has 0 radical (unpaired) electrons. The molecule has 0 bridgehead atoms. The van der Waals surface area contributed by atoms with Gasteiger partial charge in [-0.2, -0.15) is 0 Å². The summed E-state index contributed by atoms with van der Waals surface area (Å²) in [7, 11) is 1.89. The molecule has 0 aliphatic heterocycles. The van der Waals surface area contributed by atoms with Gasteiger partial charge < -0.3 is 21.1 Å². The maximum Gasteiger partial charge on any atom is 0.253 e. The number of aliphatic hydroxyl groups is 1. The van der Waals surface area contributed by atoms with Crippen molar-refractivity contribution < 1.29 is 9.90 Å². The number of rotatable bonds is 6. The lowest BCUT2D eigenvalue weighted by Crippen LogP contribution is -2.28. The number of carbonyl (C=O) groups is 1. The predicted molar refractivity (Wildman–Crippen MR) is 78.4 cm³/mol. The van der Waals surface area contributed by atoms with Crippen LogP contribution >= 0.6 is 0 Å². The summed E-state index contributed by atoms with van der Waals surface area (Å²) in [5, 5.41) is 12.1. The normalized spacial score (nSPS) is 12.0. The average Bonchev–Trinajstić information content (AvgIpc) is 2.36. The van der Waals surface area contributed by atoms with Crippen LogP contribution in [0.5, 0.6) is 0 Å². The Morgan fingerprint density at radius 3 is 2.79 bits per heavy atom. The first kappa shape index (κ1) is 15.3. The molecule has 0 aliphatic carbocycles. The first-order chi connectivity index (χ1) is 8.95. The third kappa shape index (κ3) is 4.44. The number of nitrogens with zero attached hydrogens (tertiary/aromatic N) is 1. The third-order valence-corrected chi connectivity index (χ3v) is 2.90. The number of anilines is 2. The lowest BCUT2D eigenvalue weighted by atomic mass is 10.1. The third-order valence-electron chi connectivity index (χ3n) is 2.90. The minimum absolute atomic E-state index is 0.110. The van der Waals surface area contributed by atoms with Crippen LogP contribution in [0.25, 0.3) is 0 Å². The van der Waals surface area contributed by atoms with Crippen LogP contribution in [0.4, 0.5) is 11.4 Å². The summed E-state index contributed by atoms with van der Waals surface area (Å²) >= 11 is 0. The fourth-order valence-electron chi connectivity index (χ4n) is 1.81. The molecule has 0 saturated carbocycles. The molecule has 0 aromatic heterocycles. The second-order valence-corrected chi connectivity index (χ2v) is 4.70. The Kier molecular flexibility index (Phi) is 5.63. The summed E-state index contributed by atoms with van der Waals surface area (Å²) in [5.74, 6) is -0.110. The molecule has 0 spiro atoms. The van der Waals surface area contributed by atoms with E-state index in [-0.39, 0.29) is 12.0 Å². The van der Waals surface area contributed by atoms with Gasteiger partial charge in [-0.25, -0.2) is 0 Å². The van der Waals surface area contributed by atoms with E-state index in [4.69, 9.17) is 5.73 Å². The van der Waals surface area contributed by atoms with E-state index in [1.165, 1.54) is 0 Å². The highest BCUT2D eigenvalue weighted by molar-refractivity contribution is 6.00. The highest BCUT2D eigenvalue weighted by atomic mass is 16.3. The van der Waals surface area contributed by atoms with Gasteiger partial charge in [-0.15, -0.1) is 0 Å². The van der Waals surface area contributed by atoms with Crippen LogP contribution in [0.15, 0.2) is 18.2 Å². The summed E-state index contributed by atoms with van der Waals surface area (Å²) in [4.78, 5) is 13.9. The van der Waals surface area contributed by atoms with Crippen molar-refractivity contribution in [3.8, 4) is 0 Å². The van der Waals surface area contributed by atoms with Crippen LogP contribution in [0.2, 0.25) is 0 Å². The molecule has 0 heterocycles. The zero-order valence-electron chi connectivity index (χ0n) is 11.8. The Morgan fingerprint density at radius 1 is 1.53 bits per heavy atom. The van der Waals surface area contributed by atoms with Gasteiger partial charge >= 0.3 is 0 Å². The monoisotopic (exact) mass is 265 g/mol. The van der Waals surface area contributed by atoms with E-state index < -0.39 is 0 Å². The van der Waals surface area contributed by atoms with Crippen molar-refractivity contribution >= 4 is 17.3 Å². The summed E-state index contributed by atoms with van der Waals surface area (Å²) in [6.45, 7) is 4.87. The fraction of sp³-hybridized carbons (Fsp3) is 0.500. The van der Waals surface area contributed by atoms with Crippen molar-refractivity contribution in [3.63, 3.8) is 0 Å². The van der Waals surface area contributed by atoms with Crippen molar-refractivity contribution in [1.29, 1.82) is 0 Å². The van der Waals surface area contributed by atoms with Crippen molar-refractivity contribution in [2.75, 3.05) is 30.8 Å². The summed E-state index contributed by atoms with van der Waals surface area (Å²) in [5.41, 5.74) is 7.79. The molecular weight excluding hydrogens is 242 g/mol. The van der Waals surface area contributed by atoms with Gasteiger partial charge in [0.05, 0.1) is 17.4 Å². The molecule has 1 rings (SSSR count). The fourth-order valence-corrected chi connectivity index (χ4v) is 1.81. The van der Waals surface area contributed by atoms with Gasteiger partial charge in [0, 0.05) is 25.8 Å². The lowest BCUT2D eigenvalue weighted by molar-refractivity contribution is 0.0956. The molecule has 1 amide bonds. The molecule has 1 atom stereocenters. The molecule has 19 heavy (non-hydrogen) atoms. The van der Waals surface area contributed by atoms with E-state index in [0.29, 0.717) is 30.8 Å². The van der Waals surface area contributed by atoms with E-state index >= 15 is 0 Å². The minimum Gasteiger partial charge on any atom is -0.399 e. The Labute approximate surface area is 114 Å². The molecule has 5 heteroatoms. The van der Waals surface area contributed by atoms with Crippen LogP contribution in [0.3, 0.4) is 0 Å². The number of carbonyl (C=O) groups excluding carboxylic acids is 1. The van der Waals surface area contributed by atoms with Crippen LogP contribution < -0.4 is 16.0 Å². The Balaban J connectivity index is 2.96. The van der Waals surface area contributed by atoms with Crippen molar-refractivity contribution in [2.24, 2.45) is 0 Å². The largest absolute Gasteiger partial charge is 0.399 e. The van der Waals surface area contributed by atoms with E-state index in [1.807, 2.05) is 18.9 Å². The van der Waals surface area contributed by atoms with Gasteiger partial charge in [0.1, 0.15) is 0 Å². The van der Waals surface area contributed by atoms with Crippen LogP contribution in [-0.2, 0) is 0 Å². The van der Waals surface area contributed by atoms with E-state index in [2.05, 4.69) is 5.32 Å². The van der Waals surface area contributed by atoms with Gasteiger partial charge in [-0.05, 0) is 38.5 Å². The van der Waals surface area contributed by atoms with Gasteiger partial charge in [0.25, 0.3) is 5.91 Å². The second kappa shape index (κ2) is 6.99. The maximum atomic E-state index is 12.0. The van der Waals surface area contributed by atoms with Crippen LogP contribution in [-0.4, -0.2) is 37.3 Å². The number of benzene rings is 1. The number of hydrogen-bond donors (Lipinski definition) is 3. The summed E-state index contributed by atoms with van der Waals surface area (Å²) in [6, 6.07) is 5.23. The molecule has 4 N–H and O–H groups in total. The van der Waals surface area contributed by atoms with Gasteiger partial charge in [-0.1, -0.05) is 0 Å². The van der Waals surface area contributed by atoms with Crippen molar-refractivity contribution in [1.82, 2.24) is 5.32 Å². The number of nitrogens with two attached hydrogens (primary N) is 1. The van der Waals surface area contributed by atoms with E-state index in [9.17, 15) is 9.90 Å². The van der Waals surface area contributed by atoms with Gasteiger partial charge in [0.15, 0.2) is 0 Å². The summed E-state index contributed by atoms with van der Waals surface area (Å²) in [6.07, 6.45) is 0.275.